The second kappa shape index (κ2) is 5.31. The first-order valence-electron chi connectivity index (χ1n) is 5.86. The van der Waals surface area contributed by atoms with Crippen molar-refractivity contribution in [1.82, 2.24) is 20.2 Å². The van der Waals surface area contributed by atoms with E-state index in [1.165, 1.54) is 22.9 Å². The van der Waals surface area contributed by atoms with Gasteiger partial charge in [0.05, 0.1) is 21.4 Å². The van der Waals surface area contributed by atoms with Gasteiger partial charge in [0.25, 0.3) is 0 Å². The van der Waals surface area contributed by atoms with Crippen LogP contribution < -0.4 is 5.73 Å². The van der Waals surface area contributed by atoms with Gasteiger partial charge in [-0.1, -0.05) is 29.3 Å². The van der Waals surface area contributed by atoms with E-state index >= 15 is 0 Å². The third-order valence-electron chi connectivity index (χ3n) is 2.90. The standard InChI is InChI=1S/C13H8Cl2FN5/c14-9-3-1-2-8(12(9)17)13-18-19-20-21(13)11-5-4-7(16)6-10(11)15/h1-6H,17H2. The number of nitrogens with zero attached hydrogens (tertiary/aromatic N) is 4. The molecule has 2 aromatic carbocycles. The molecule has 0 fully saturated rings. The van der Waals surface area contributed by atoms with Crippen molar-refractivity contribution in [2.75, 3.05) is 5.73 Å². The summed E-state index contributed by atoms with van der Waals surface area (Å²) in [5, 5.41) is 12.0. The molecule has 0 spiro atoms. The number of rotatable bonds is 2. The minimum absolute atomic E-state index is 0.184. The normalized spacial score (nSPS) is 10.8. The van der Waals surface area contributed by atoms with Gasteiger partial charge in [0, 0.05) is 5.56 Å². The van der Waals surface area contributed by atoms with Crippen LogP contribution in [0.2, 0.25) is 10.0 Å². The quantitative estimate of drug-likeness (QED) is 0.734. The molecule has 3 aromatic rings. The van der Waals surface area contributed by atoms with Gasteiger partial charge in [0.15, 0.2) is 5.82 Å². The van der Waals surface area contributed by atoms with Crippen LogP contribution in [0.3, 0.4) is 0 Å². The fourth-order valence-electron chi connectivity index (χ4n) is 1.90. The molecule has 0 aliphatic rings. The van der Waals surface area contributed by atoms with E-state index < -0.39 is 5.82 Å². The van der Waals surface area contributed by atoms with Gasteiger partial charge >= 0.3 is 0 Å². The van der Waals surface area contributed by atoms with Gasteiger partial charge in [-0.2, -0.15) is 4.68 Å². The lowest BCUT2D eigenvalue weighted by Crippen LogP contribution is -2.03. The Morgan fingerprint density at radius 1 is 1.10 bits per heavy atom. The van der Waals surface area contributed by atoms with Gasteiger partial charge in [-0.3, -0.25) is 0 Å². The lowest BCUT2D eigenvalue weighted by molar-refractivity contribution is 0.627. The van der Waals surface area contributed by atoms with Gasteiger partial charge in [-0.25, -0.2) is 4.39 Å². The molecular weight excluding hydrogens is 316 g/mol. The third kappa shape index (κ3) is 2.43. The van der Waals surface area contributed by atoms with E-state index in [4.69, 9.17) is 28.9 Å². The number of nitrogens with two attached hydrogens (primary N) is 1. The predicted octanol–water partition coefficient (Wildman–Crippen LogP) is 3.36. The number of benzene rings is 2. The van der Waals surface area contributed by atoms with Crippen molar-refractivity contribution in [3.05, 3.63) is 52.3 Å². The smallest absolute Gasteiger partial charge is 0.189 e. The third-order valence-corrected chi connectivity index (χ3v) is 3.53. The van der Waals surface area contributed by atoms with E-state index in [1.807, 2.05) is 0 Å². The summed E-state index contributed by atoms with van der Waals surface area (Å²) >= 11 is 12.0. The molecular formula is C13H8Cl2FN5. The molecule has 0 aliphatic heterocycles. The summed E-state index contributed by atoms with van der Waals surface area (Å²) < 4.78 is 14.5. The molecule has 5 nitrogen and oxygen atoms in total. The second-order valence-corrected chi connectivity index (χ2v) is 5.03. The number of aromatic nitrogens is 4. The molecule has 0 saturated heterocycles. The largest absolute Gasteiger partial charge is 0.397 e. The molecule has 3 rings (SSSR count). The zero-order chi connectivity index (χ0) is 15.0. The van der Waals surface area contributed by atoms with Crippen LogP contribution in [0.25, 0.3) is 17.1 Å². The number of anilines is 1. The lowest BCUT2D eigenvalue weighted by atomic mass is 10.1. The van der Waals surface area contributed by atoms with Crippen LogP contribution in [0.5, 0.6) is 0 Å². The molecule has 0 radical (unpaired) electrons. The Hall–Kier alpha value is -2.18. The summed E-state index contributed by atoms with van der Waals surface area (Å²) in [6.45, 7) is 0. The average Bonchev–Trinajstić information content (AvgIpc) is 2.91. The number of nitrogen functional groups attached to an aromatic ring is 1. The minimum Gasteiger partial charge on any atom is -0.397 e. The molecule has 1 aromatic heterocycles. The van der Waals surface area contributed by atoms with Crippen LogP contribution in [-0.2, 0) is 0 Å². The van der Waals surface area contributed by atoms with Gasteiger partial charge in [0.2, 0.25) is 0 Å². The number of tetrazole rings is 1. The molecule has 0 atom stereocenters. The Kier molecular flexibility index (Phi) is 3.48. The Balaban J connectivity index is 2.20. The number of halogens is 3. The monoisotopic (exact) mass is 323 g/mol. The highest BCUT2D eigenvalue weighted by Crippen LogP contribution is 2.32. The van der Waals surface area contributed by atoms with E-state index in [2.05, 4.69) is 15.5 Å². The topological polar surface area (TPSA) is 69.6 Å². The van der Waals surface area contributed by atoms with Crippen molar-refractivity contribution in [2.24, 2.45) is 0 Å². The van der Waals surface area contributed by atoms with Crippen molar-refractivity contribution in [2.45, 2.75) is 0 Å². The molecule has 8 heteroatoms. The van der Waals surface area contributed by atoms with Gasteiger partial charge in [-0.05, 0) is 40.8 Å². The summed E-state index contributed by atoms with van der Waals surface area (Å²) in [4.78, 5) is 0. The molecule has 0 unspecified atom stereocenters. The zero-order valence-corrected chi connectivity index (χ0v) is 12.0. The Morgan fingerprint density at radius 3 is 2.67 bits per heavy atom. The number of hydrogen-bond donors (Lipinski definition) is 1. The molecule has 1 heterocycles. The summed E-state index contributed by atoms with van der Waals surface area (Å²) in [5.41, 5.74) is 7.31. The SMILES string of the molecule is Nc1c(Cl)cccc1-c1nnnn1-c1ccc(F)cc1Cl. The van der Waals surface area contributed by atoms with E-state index in [1.54, 1.807) is 18.2 Å². The highest BCUT2D eigenvalue weighted by atomic mass is 35.5. The number of para-hydroxylation sites is 1. The maximum absolute atomic E-state index is 13.1. The Bertz CT molecular complexity index is 818. The van der Waals surface area contributed by atoms with Crippen LogP contribution in [0, 0.1) is 5.82 Å². The van der Waals surface area contributed by atoms with Gasteiger partial charge in [0.1, 0.15) is 5.82 Å². The van der Waals surface area contributed by atoms with Crippen molar-refractivity contribution in [3.63, 3.8) is 0 Å². The van der Waals surface area contributed by atoms with Crippen LogP contribution in [0.1, 0.15) is 0 Å². The van der Waals surface area contributed by atoms with Gasteiger partial charge < -0.3 is 5.73 Å². The molecule has 106 valence electrons. The van der Waals surface area contributed by atoms with Crippen molar-refractivity contribution < 1.29 is 4.39 Å². The average molecular weight is 324 g/mol. The van der Waals surface area contributed by atoms with Crippen molar-refractivity contribution in [1.29, 1.82) is 0 Å². The fraction of sp³-hybridized carbons (Fsp3) is 0. The molecule has 0 bridgehead atoms. The van der Waals surface area contributed by atoms with Crippen molar-refractivity contribution >= 4 is 28.9 Å². The maximum atomic E-state index is 13.1. The molecule has 21 heavy (non-hydrogen) atoms. The van der Waals surface area contributed by atoms with Crippen LogP contribution in [0.4, 0.5) is 10.1 Å². The second-order valence-electron chi connectivity index (χ2n) is 4.21. The summed E-state index contributed by atoms with van der Waals surface area (Å²) in [6, 6.07) is 9.08. The fourth-order valence-corrected chi connectivity index (χ4v) is 2.32. The highest BCUT2D eigenvalue weighted by molar-refractivity contribution is 6.33. The van der Waals surface area contributed by atoms with Crippen LogP contribution in [0.15, 0.2) is 36.4 Å². The zero-order valence-electron chi connectivity index (χ0n) is 10.5. The summed E-state index contributed by atoms with van der Waals surface area (Å²) in [6.07, 6.45) is 0. The summed E-state index contributed by atoms with van der Waals surface area (Å²) in [5.74, 6) is -0.0795. The summed E-state index contributed by atoms with van der Waals surface area (Å²) in [7, 11) is 0. The number of hydrogen-bond acceptors (Lipinski definition) is 4. The predicted molar refractivity (Wildman–Crippen MR) is 79.0 cm³/mol. The Morgan fingerprint density at radius 2 is 1.90 bits per heavy atom. The lowest BCUT2D eigenvalue weighted by Gasteiger charge is -2.09. The molecule has 0 amide bonds. The molecule has 0 saturated carbocycles. The van der Waals surface area contributed by atoms with Crippen molar-refractivity contribution in [3.8, 4) is 17.1 Å². The van der Waals surface area contributed by atoms with E-state index in [-0.39, 0.29) is 5.02 Å². The van der Waals surface area contributed by atoms with Crippen LogP contribution >= 0.6 is 23.2 Å². The van der Waals surface area contributed by atoms with Gasteiger partial charge in [-0.15, -0.1) is 5.10 Å². The van der Waals surface area contributed by atoms with E-state index in [0.717, 1.165) is 0 Å². The maximum Gasteiger partial charge on any atom is 0.189 e. The minimum atomic E-state index is -0.444. The first-order chi connectivity index (χ1) is 10.1. The Labute approximate surface area is 129 Å². The highest BCUT2D eigenvalue weighted by Gasteiger charge is 2.16. The molecule has 0 aliphatic carbocycles. The van der Waals surface area contributed by atoms with E-state index in [0.29, 0.717) is 27.8 Å². The first-order valence-corrected chi connectivity index (χ1v) is 6.61. The molecule has 2 N–H and O–H groups in total. The van der Waals surface area contributed by atoms with Crippen LogP contribution in [-0.4, -0.2) is 20.2 Å². The first kappa shape index (κ1) is 13.8. The van der Waals surface area contributed by atoms with E-state index in [9.17, 15) is 4.39 Å².